The van der Waals surface area contributed by atoms with Crippen LogP contribution in [0.15, 0.2) is 29.6 Å². The van der Waals surface area contributed by atoms with Crippen molar-refractivity contribution < 1.29 is 0 Å². The van der Waals surface area contributed by atoms with Crippen LogP contribution < -0.4 is 0 Å². The van der Waals surface area contributed by atoms with E-state index in [-0.39, 0.29) is 0 Å². The van der Waals surface area contributed by atoms with Crippen molar-refractivity contribution in [2.75, 3.05) is 0 Å². The van der Waals surface area contributed by atoms with E-state index in [1.165, 1.54) is 36.1 Å². The zero-order valence-electron chi connectivity index (χ0n) is 13.2. The van der Waals surface area contributed by atoms with Gasteiger partial charge in [0.05, 0.1) is 5.69 Å². The molecule has 0 N–H and O–H groups in total. The van der Waals surface area contributed by atoms with Crippen LogP contribution in [0.25, 0.3) is 10.6 Å². The van der Waals surface area contributed by atoms with Crippen LogP contribution in [0.3, 0.4) is 0 Å². The number of likely N-dealkylation sites (tertiary alicyclic amines) is 1. The first kappa shape index (κ1) is 14.7. The van der Waals surface area contributed by atoms with Gasteiger partial charge in [0.1, 0.15) is 5.01 Å². The molecule has 1 aliphatic rings. The van der Waals surface area contributed by atoms with Gasteiger partial charge in [-0.1, -0.05) is 30.2 Å². The number of aryl methyl sites for hydroxylation is 1. The average molecular weight is 300 g/mol. The molecule has 3 rings (SSSR count). The molecule has 0 bridgehead atoms. The molecule has 2 nitrogen and oxygen atoms in total. The highest BCUT2D eigenvalue weighted by Crippen LogP contribution is 2.28. The largest absolute Gasteiger partial charge is 0.292 e. The van der Waals surface area contributed by atoms with Crippen molar-refractivity contribution in [1.29, 1.82) is 0 Å². The summed E-state index contributed by atoms with van der Waals surface area (Å²) in [4.78, 5) is 7.47. The Balaban J connectivity index is 1.76. The lowest BCUT2D eigenvalue weighted by Gasteiger charge is -2.38. The van der Waals surface area contributed by atoms with E-state index < -0.39 is 0 Å². The smallest absolute Gasteiger partial charge is 0.123 e. The maximum absolute atomic E-state index is 4.86. The van der Waals surface area contributed by atoms with Crippen molar-refractivity contribution in [3.63, 3.8) is 0 Å². The normalized spacial score (nSPS) is 23.4. The number of rotatable bonds is 3. The van der Waals surface area contributed by atoms with Gasteiger partial charge in [-0.2, -0.15) is 0 Å². The molecule has 1 aliphatic heterocycles. The summed E-state index contributed by atoms with van der Waals surface area (Å²) in [6.45, 7) is 7.83. The van der Waals surface area contributed by atoms with Crippen LogP contribution in [0, 0.1) is 6.92 Å². The van der Waals surface area contributed by atoms with Gasteiger partial charge in [-0.05, 0) is 39.7 Å². The van der Waals surface area contributed by atoms with Crippen molar-refractivity contribution in [1.82, 2.24) is 9.88 Å². The lowest BCUT2D eigenvalue weighted by atomic mass is 9.97. The zero-order valence-corrected chi connectivity index (χ0v) is 14.0. The third-order valence-corrected chi connectivity index (χ3v) is 5.48. The predicted molar refractivity (Wildman–Crippen MR) is 90.6 cm³/mol. The standard InChI is InChI=1S/C18H24N2S/c1-13-6-4-9-16(10-13)18-19-17(12-21-18)11-20-14(2)7-5-8-15(20)3/h4,6,9-10,12,14-15H,5,7-8,11H2,1-3H3. The lowest BCUT2D eigenvalue weighted by Crippen LogP contribution is -2.43. The summed E-state index contributed by atoms with van der Waals surface area (Å²) in [7, 11) is 0. The molecule has 0 amide bonds. The molecule has 2 heterocycles. The summed E-state index contributed by atoms with van der Waals surface area (Å²) in [5, 5.41) is 3.37. The van der Waals surface area contributed by atoms with Crippen LogP contribution >= 0.6 is 11.3 Å². The van der Waals surface area contributed by atoms with Gasteiger partial charge in [-0.15, -0.1) is 11.3 Å². The van der Waals surface area contributed by atoms with Gasteiger partial charge < -0.3 is 0 Å². The highest BCUT2D eigenvalue weighted by atomic mass is 32.1. The molecule has 0 saturated carbocycles. The van der Waals surface area contributed by atoms with E-state index in [1.807, 2.05) is 0 Å². The van der Waals surface area contributed by atoms with Crippen molar-refractivity contribution in [2.24, 2.45) is 0 Å². The van der Waals surface area contributed by atoms with Gasteiger partial charge in [-0.3, -0.25) is 4.90 Å². The average Bonchev–Trinajstić information content (AvgIpc) is 2.92. The summed E-state index contributed by atoms with van der Waals surface area (Å²) in [6.07, 6.45) is 4.00. The van der Waals surface area contributed by atoms with E-state index in [1.54, 1.807) is 11.3 Å². The van der Waals surface area contributed by atoms with E-state index in [0.717, 1.165) is 11.6 Å². The Morgan fingerprint density at radius 3 is 2.71 bits per heavy atom. The SMILES string of the molecule is Cc1cccc(-c2nc(CN3C(C)CCCC3C)cs2)c1. The van der Waals surface area contributed by atoms with E-state index in [9.17, 15) is 0 Å². The summed E-state index contributed by atoms with van der Waals surface area (Å²) in [6, 6.07) is 9.97. The maximum Gasteiger partial charge on any atom is 0.123 e. The number of benzene rings is 1. The molecule has 21 heavy (non-hydrogen) atoms. The third kappa shape index (κ3) is 3.35. The van der Waals surface area contributed by atoms with Crippen molar-refractivity contribution in [3.8, 4) is 10.6 Å². The number of aromatic nitrogens is 1. The number of hydrogen-bond donors (Lipinski definition) is 0. The summed E-state index contributed by atoms with van der Waals surface area (Å²) in [5.74, 6) is 0. The second kappa shape index (κ2) is 6.29. The Hall–Kier alpha value is -1.19. The molecule has 1 aromatic heterocycles. The molecular formula is C18H24N2S. The Labute approximate surface area is 131 Å². The summed E-state index contributed by atoms with van der Waals surface area (Å²) < 4.78 is 0. The second-order valence-corrected chi connectivity index (χ2v) is 7.17. The first-order valence-electron chi connectivity index (χ1n) is 7.90. The van der Waals surface area contributed by atoms with E-state index in [0.29, 0.717) is 12.1 Å². The van der Waals surface area contributed by atoms with Gasteiger partial charge in [0.15, 0.2) is 0 Å². The summed E-state index contributed by atoms with van der Waals surface area (Å²) in [5.41, 5.74) is 3.76. The number of nitrogens with zero attached hydrogens (tertiary/aromatic N) is 2. The molecule has 1 saturated heterocycles. The minimum absolute atomic E-state index is 0.679. The van der Waals surface area contributed by atoms with Crippen molar-refractivity contribution >= 4 is 11.3 Å². The topological polar surface area (TPSA) is 16.1 Å². The fourth-order valence-corrected chi connectivity index (χ4v) is 4.07. The minimum atomic E-state index is 0.679. The Kier molecular flexibility index (Phi) is 4.41. The van der Waals surface area contributed by atoms with Gasteiger partial charge in [-0.25, -0.2) is 4.98 Å². The van der Waals surface area contributed by atoms with Gasteiger partial charge >= 0.3 is 0 Å². The van der Waals surface area contributed by atoms with Crippen LogP contribution in [0.5, 0.6) is 0 Å². The van der Waals surface area contributed by atoms with Crippen molar-refractivity contribution in [3.05, 3.63) is 40.9 Å². The molecule has 3 heteroatoms. The first-order chi connectivity index (χ1) is 10.1. The quantitative estimate of drug-likeness (QED) is 0.803. The monoisotopic (exact) mass is 300 g/mol. The minimum Gasteiger partial charge on any atom is -0.292 e. The van der Waals surface area contributed by atoms with Gasteiger partial charge in [0, 0.05) is 29.6 Å². The molecule has 0 spiro atoms. The van der Waals surface area contributed by atoms with Crippen LogP contribution in [0.4, 0.5) is 0 Å². The fourth-order valence-electron chi connectivity index (χ4n) is 3.26. The van der Waals surface area contributed by atoms with Gasteiger partial charge in [0.2, 0.25) is 0 Å². The second-order valence-electron chi connectivity index (χ2n) is 6.31. The maximum atomic E-state index is 4.86. The summed E-state index contributed by atoms with van der Waals surface area (Å²) >= 11 is 1.76. The number of thiazole rings is 1. The van der Waals surface area contributed by atoms with Crippen molar-refractivity contribution in [2.45, 2.75) is 58.7 Å². The molecule has 2 unspecified atom stereocenters. The fraction of sp³-hybridized carbons (Fsp3) is 0.500. The van der Waals surface area contributed by atoms with E-state index >= 15 is 0 Å². The highest BCUT2D eigenvalue weighted by Gasteiger charge is 2.25. The molecule has 2 atom stereocenters. The molecule has 1 aromatic carbocycles. The van der Waals surface area contributed by atoms with E-state index in [4.69, 9.17) is 4.98 Å². The molecule has 0 aliphatic carbocycles. The third-order valence-electron chi connectivity index (χ3n) is 4.54. The molecule has 112 valence electrons. The first-order valence-corrected chi connectivity index (χ1v) is 8.78. The van der Waals surface area contributed by atoms with Gasteiger partial charge in [0.25, 0.3) is 0 Å². The zero-order chi connectivity index (χ0) is 14.8. The molecular weight excluding hydrogens is 276 g/mol. The Bertz CT molecular complexity index is 595. The number of piperidine rings is 1. The van der Waals surface area contributed by atoms with Crippen LogP contribution in [0.2, 0.25) is 0 Å². The van der Waals surface area contributed by atoms with Crippen LogP contribution in [-0.2, 0) is 6.54 Å². The predicted octanol–water partition coefficient (Wildman–Crippen LogP) is 4.88. The molecule has 2 aromatic rings. The molecule has 0 radical (unpaired) electrons. The Morgan fingerprint density at radius 1 is 1.24 bits per heavy atom. The lowest BCUT2D eigenvalue weighted by molar-refractivity contribution is 0.0941. The highest BCUT2D eigenvalue weighted by molar-refractivity contribution is 7.13. The number of hydrogen-bond acceptors (Lipinski definition) is 3. The van der Waals surface area contributed by atoms with Crippen LogP contribution in [-0.4, -0.2) is 22.0 Å². The molecule has 1 fully saturated rings. The van der Waals surface area contributed by atoms with E-state index in [2.05, 4.69) is 55.3 Å². The Morgan fingerprint density at radius 2 is 2.00 bits per heavy atom. The van der Waals surface area contributed by atoms with Crippen LogP contribution in [0.1, 0.15) is 44.4 Å².